The van der Waals surface area contributed by atoms with Crippen molar-refractivity contribution in [3.8, 4) is 11.5 Å². The fourth-order valence-corrected chi connectivity index (χ4v) is 2.29. The van der Waals surface area contributed by atoms with Gasteiger partial charge in [0.1, 0.15) is 0 Å². The van der Waals surface area contributed by atoms with E-state index in [9.17, 15) is 13.6 Å². The van der Waals surface area contributed by atoms with Gasteiger partial charge in [-0.15, -0.1) is 0 Å². The van der Waals surface area contributed by atoms with E-state index in [2.05, 4.69) is 14.9 Å². The molecule has 1 heterocycles. The van der Waals surface area contributed by atoms with E-state index in [-0.39, 0.29) is 11.3 Å². The van der Waals surface area contributed by atoms with E-state index >= 15 is 0 Å². The minimum absolute atomic E-state index is 0.0524. The molecule has 5 nitrogen and oxygen atoms in total. The molecule has 0 radical (unpaired) electrons. The zero-order valence-corrected chi connectivity index (χ0v) is 13.0. The van der Waals surface area contributed by atoms with Gasteiger partial charge in [-0.25, -0.2) is 5.10 Å². The summed E-state index contributed by atoms with van der Waals surface area (Å²) in [5, 5.41) is 6.33. The van der Waals surface area contributed by atoms with Crippen LogP contribution in [0.15, 0.2) is 35.1 Å². The van der Waals surface area contributed by atoms with E-state index < -0.39 is 6.61 Å². The molecule has 0 unspecified atom stereocenters. The third-order valence-corrected chi connectivity index (χ3v) is 3.80. The maximum Gasteiger partial charge on any atom is 0.387 e. The molecule has 0 atom stereocenters. The zero-order valence-electron chi connectivity index (χ0n) is 13.0. The molecule has 1 aliphatic carbocycles. The molecule has 7 heteroatoms. The Morgan fingerprint density at radius 3 is 2.67 bits per heavy atom. The molecule has 0 amide bonds. The summed E-state index contributed by atoms with van der Waals surface area (Å²) >= 11 is 0. The first-order chi connectivity index (χ1) is 11.6. The molecule has 1 N–H and O–H groups in total. The second kappa shape index (κ2) is 7.42. The number of halogens is 2. The van der Waals surface area contributed by atoms with E-state index in [1.54, 1.807) is 18.2 Å². The molecule has 3 rings (SSSR count). The summed E-state index contributed by atoms with van der Waals surface area (Å²) in [6, 6.07) is 8.05. The third-order valence-electron chi connectivity index (χ3n) is 3.80. The summed E-state index contributed by atoms with van der Waals surface area (Å²) in [7, 11) is 0. The van der Waals surface area contributed by atoms with Gasteiger partial charge in [-0.1, -0.05) is 6.07 Å². The molecule has 2 aromatic rings. The highest BCUT2D eigenvalue weighted by Crippen LogP contribution is 2.34. The summed E-state index contributed by atoms with van der Waals surface area (Å²) < 4.78 is 35.2. The lowest BCUT2D eigenvalue weighted by atomic mass is 10.1. The van der Waals surface area contributed by atoms with Crippen LogP contribution in [-0.2, 0) is 12.8 Å². The van der Waals surface area contributed by atoms with Gasteiger partial charge in [-0.3, -0.25) is 4.79 Å². The number of aromatic amines is 1. The maximum atomic E-state index is 12.5. The van der Waals surface area contributed by atoms with Crippen molar-refractivity contribution in [1.29, 1.82) is 0 Å². The van der Waals surface area contributed by atoms with Crippen LogP contribution in [0.1, 0.15) is 24.1 Å². The predicted molar refractivity (Wildman–Crippen MR) is 83.6 cm³/mol. The quantitative estimate of drug-likeness (QED) is 0.805. The first-order valence-corrected chi connectivity index (χ1v) is 7.85. The van der Waals surface area contributed by atoms with Gasteiger partial charge in [0.15, 0.2) is 11.5 Å². The van der Waals surface area contributed by atoms with Gasteiger partial charge in [0.25, 0.3) is 5.56 Å². The lowest BCUT2D eigenvalue weighted by Crippen LogP contribution is -2.08. The number of hydrogen-bond acceptors (Lipinski definition) is 4. The smallest absolute Gasteiger partial charge is 0.387 e. The molecule has 1 saturated carbocycles. The topological polar surface area (TPSA) is 64.2 Å². The summed E-state index contributed by atoms with van der Waals surface area (Å²) in [6.45, 7) is -2.37. The van der Waals surface area contributed by atoms with Crippen molar-refractivity contribution in [2.24, 2.45) is 5.92 Å². The van der Waals surface area contributed by atoms with Crippen LogP contribution < -0.4 is 15.0 Å². The van der Waals surface area contributed by atoms with E-state index in [1.807, 2.05) is 0 Å². The SMILES string of the molecule is O=c1ccc(CCc2ccc(OC(F)F)c(OCC3CC3)c2)n[nH]1. The Morgan fingerprint density at radius 2 is 2.00 bits per heavy atom. The lowest BCUT2D eigenvalue weighted by Gasteiger charge is -2.13. The molecule has 0 spiro atoms. The van der Waals surface area contributed by atoms with Crippen LogP contribution in [0.4, 0.5) is 8.78 Å². The Labute approximate surface area is 137 Å². The van der Waals surface area contributed by atoms with Crippen molar-refractivity contribution in [1.82, 2.24) is 10.2 Å². The van der Waals surface area contributed by atoms with Crippen molar-refractivity contribution >= 4 is 0 Å². The zero-order chi connectivity index (χ0) is 16.9. The predicted octanol–water partition coefficient (Wildman–Crippen LogP) is 2.95. The number of hydrogen-bond donors (Lipinski definition) is 1. The van der Waals surface area contributed by atoms with Gasteiger partial charge in [0.2, 0.25) is 0 Å². The van der Waals surface area contributed by atoms with E-state index in [0.29, 0.717) is 31.1 Å². The molecule has 0 saturated heterocycles. The summed E-state index contributed by atoms with van der Waals surface area (Å²) in [4.78, 5) is 11.0. The number of aryl methyl sites for hydroxylation is 2. The van der Waals surface area contributed by atoms with E-state index in [1.165, 1.54) is 12.1 Å². The Morgan fingerprint density at radius 1 is 1.17 bits per heavy atom. The molecule has 0 aliphatic heterocycles. The van der Waals surface area contributed by atoms with Crippen LogP contribution in [-0.4, -0.2) is 23.4 Å². The Bertz CT molecular complexity index is 724. The Hall–Kier alpha value is -2.44. The second-order valence-corrected chi connectivity index (χ2v) is 5.83. The van der Waals surface area contributed by atoms with Crippen LogP contribution in [0.25, 0.3) is 0 Å². The first-order valence-electron chi connectivity index (χ1n) is 7.85. The standard InChI is InChI=1S/C17H18F2N2O3/c18-17(19)24-14-7-4-11(9-15(14)23-10-12-1-2-12)3-5-13-6-8-16(22)21-20-13/h4,6-9,12,17H,1-3,5,10H2,(H,21,22). The molecule has 1 aromatic heterocycles. The molecule has 1 aliphatic rings. The highest BCUT2D eigenvalue weighted by Gasteiger charge is 2.23. The van der Waals surface area contributed by atoms with Gasteiger partial charge < -0.3 is 9.47 Å². The normalized spacial score (nSPS) is 14.0. The number of aromatic nitrogens is 2. The lowest BCUT2D eigenvalue weighted by molar-refractivity contribution is -0.0515. The van der Waals surface area contributed by atoms with Crippen LogP contribution in [0.5, 0.6) is 11.5 Å². The van der Waals surface area contributed by atoms with Gasteiger partial charge in [-0.05, 0) is 55.4 Å². The van der Waals surface area contributed by atoms with Crippen LogP contribution >= 0.6 is 0 Å². The number of benzene rings is 1. The average molecular weight is 336 g/mol. The molecule has 1 fully saturated rings. The van der Waals surface area contributed by atoms with Crippen LogP contribution in [0.3, 0.4) is 0 Å². The number of H-pyrrole nitrogens is 1. The van der Waals surface area contributed by atoms with Gasteiger partial charge in [0.05, 0.1) is 12.3 Å². The van der Waals surface area contributed by atoms with Crippen molar-refractivity contribution in [2.45, 2.75) is 32.3 Å². The van der Waals surface area contributed by atoms with Crippen LogP contribution in [0.2, 0.25) is 0 Å². The van der Waals surface area contributed by atoms with Crippen LogP contribution in [0, 0.1) is 5.92 Å². The number of nitrogens with one attached hydrogen (secondary N) is 1. The fraction of sp³-hybridized carbons (Fsp3) is 0.412. The summed E-state index contributed by atoms with van der Waals surface area (Å²) in [5.41, 5.74) is 1.43. The monoisotopic (exact) mass is 336 g/mol. The van der Waals surface area contributed by atoms with Gasteiger partial charge >= 0.3 is 6.61 Å². The average Bonchev–Trinajstić information content (AvgIpc) is 3.38. The minimum atomic E-state index is -2.88. The summed E-state index contributed by atoms with van der Waals surface area (Å²) in [5.74, 6) is 0.907. The number of ether oxygens (including phenoxy) is 2. The highest BCUT2D eigenvalue weighted by molar-refractivity contribution is 5.43. The number of alkyl halides is 2. The molecule has 128 valence electrons. The van der Waals surface area contributed by atoms with Crippen molar-refractivity contribution in [3.05, 3.63) is 51.9 Å². The highest BCUT2D eigenvalue weighted by atomic mass is 19.3. The minimum Gasteiger partial charge on any atom is -0.489 e. The molecule has 1 aromatic carbocycles. The van der Waals surface area contributed by atoms with E-state index in [4.69, 9.17) is 4.74 Å². The van der Waals surface area contributed by atoms with Gasteiger partial charge in [0, 0.05) is 6.07 Å². The first kappa shape index (κ1) is 16.4. The van der Waals surface area contributed by atoms with E-state index in [0.717, 1.165) is 24.1 Å². The maximum absolute atomic E-state index is 12.5. The van der Waals surface area contributed by atoms with Crippen molar-refractivity contribution in [2.75, 3.05) is 6.61 Å². The Balaban J connectivity index is 1.68. The molecule has 0 bridgehead atoms. The number of nitrogens with zero attached hydrogens (tertiary/aromatic N) is 1. The Kier molecular flexibility index (Phi) is 5.08. The largest absolute Gasteiger partial charge is 0.489 e. The van der Waals surface area contributed by atoms with Gasteiger partial charge in [-0.2, -0.15) is 13.9 Å². The third kappa shape index (κ3) is 4.78. The number of rotatable bonds is 8. The molecule has 24 heavy (non-hydrogen) atoms. The van der Waals surface area contributed by atoms with Crippen molar-refractivity contribution in [3.63, 3.8) is 0 Å². The molecular formula is C17H18F2N2O3. The fourth-order valence-electron chi connectivity index (χ4n) is 2.29. The summed E-state index contributed by atoms with van der Waals surface area (Å²) in [6.07, 6.45) is 3.49. The molecular weight excluding hydrogens is 318 g/mol. The van der Waals surface area contributed by atoms with Crippen molar-refractivity contribution < 1.29 is 18.3 Å². The second-order valence-electron chi connectivity index (χ2n) is 5.83.